The van der Waals surface area contributed by atoms with Crippen molar-refractivity contribution in [3.8, 4) is 11.1 Å². The highest BCUT2D eigenvalue weighted by molar-refractivity contribution is 6.00. The lowest BCUT2D eigenvalue weighted by Gasteiger charge is -2.30. The first-order chi connectivity index (χ1) is 12.8. The molecule has 0 saturated heterocycles. The van der Waals surface area contributed by atoms with Gasteiger partial charge in [0.2, 0.25) is 0 Å². The van der Waals surface area contributed by atoms with E-state index in [4.69, 9.17) is 0 Å². The normalized spacial score (nSPS) is 18.8. The van der Waals surface area contributed by atoms with E-state index in [0.29, 0.717) is 0 Å². The molecule has 0 amide bonds. The summed E-state index contributed by atoms with van der Waals surface area (Å²) in [4.78, 5) is 0. The molecule has 26 heavy (non-hydrogen) atoms. The number of hydrogen-bond acceptors (Lipinski definition) is 0. The lowest BCUT2D eigenvalue weighted by molar-refractivity contribution is 0.793. The molecule has 0 atom stereocenters. The maximum absolute atomic E-state index is 3.97. The highest BCUT2D eigenvalue weighted by atomic mass is 14.5. The SMILES string of the molecule is C=C/C=C1\C(=C/C)C2(c3ccccc31)c1ccccc1-c1ccccc12. The van der Waals surface area contributed by atoms with E-state index < -0.39 is 0 Å². The van der Waals surface area contributed by atoms with Gasteiger partial charge in [-0.1, -0.05) is 97.6 Å². The van der Waals surface area contributed by atoms with Gasteiger partial charge in [-0.25, -0.2) is 0 Å². The molecule has 0 radical (unpaired) electrons. The summed E-state index contributed by atoms with van der Waals surface area (Å²) < 4.78 is 0. The third kappa shape index (κ3) is 1.64. The summed E-state index contributed by atoms with van der Waals surface area (Å²) in [5, 5.41) is 0. The molecule has 0 saturated carbocycles. The van der Waals surface area contributed by atoms with Crippen LogP contribution in [0, 0.1) is 0 Å². The van der Waals surface area contributed by atoms with Crippen LogP contribution >= 0.6 is 0 Å². The third-order valence-electron chi connectivity index (χ3n) is 5.84. The maximum Gasteiger partial charge on any atom is 0.0722 e. The van der Waals surface area contributed by atoms with Crippen molar-refractivity contribution < 1.29 is 0 Å². The highest BCUT2D eigenvalue weighted by Gasteiger charge is 2.52. The van der Waals surface area contributed by atoms with Gasteiger partial charge in [-0.3, -0.25) is 0 Å². The molecule has 0 heterocycles. The Balaban J connectivity index is 2.01. The van der Waals surface area contributed by atoms with Gasteiger partial charge in [-0.05, 0) is 51.5 Å². The standard InChI is InChI=1S/C26H20/c1-3-11-18-19-12-5-8-15-23(19)26(22(18)4-2)24-16-9-6-13-20(24)21-14-7-10-17-25(21)26/h3-17H,1H2,2H3/b18-11-,22-4+. The molecule has 1 spiro atoms. The van der Waals surface area contributed by atoms with Crippen LogP contribution in [0.25, 0.3) is 16.7 Å². The summed E-state index contributed by atoms with van der Waals surface area (Å²) in [5.41, 5.74) is 10.6. The van der Waals surface area contributed by atoms with Crippen LogP contribution in [0.2, 0.25) is 0 Å². The van der Waals surface area contributed by atoms with Crippen molar-refractivity contribution in [2.45, 2.75) is 12.3 Å². The zero-order chi connectivity index (χ0) is 17.7. The Labute approximate surface area is 154 Å². The van der Waals surface area contributed by atoms with E-state index >= 15 is 0 Å². The summed E-state index contributed by atoms with van der Waals surface area (Å²) in [6.45, 7) is 6.12. The van der Waals surface area contributed by atoms with E-state index in [1.807, 2.05) is 6.08 Å². The van der Waals surface area contributed by atoms with E-state index in [9.17, 15) is 0 Å². The topological polar surface area (TPSA) is 0 Å². The second kappa shape index (κ2) is 5.44. The first kappa shape index (κ1) is 15.2. The molecular formula is C26H20. The minimum atomic E-state index is -0.229. The summed E-state index contributed by atoms with van der Waals surface area (Å²) in [5.74, 6) is 0. The Hall–Kier alpha value is -3.12. The Kier molecular flexibility index (Phi) is 3.17. The first-order valence-corrected chi connectivity index (χ1v) is 9.13. The van der Waals surface area contributed by atoms with Crippen molar-refractivity contribution in [3.63, 3.8) is 0 Å². The van der Waals surface area contributed by atoms with Crippen LogP contribution in [0.1, 0.15) is 29.2 Å². The smallest absolute Gasteiger partial charge is 0.0722 e. The van der Waals surface area contributed by atoms with Crippen molar-refractivity contribution >= 4 is 5.57 Å². The van der Waals surface area contributed by atoms with Gasteiger partial charge in [0.1, 0.15) is 0 Å². The Morgan fingerprint density at radius 3 is 1.65 bits per heavy atom. The molecule has 5 rings (SSSR count). The molecule has 2 aliphatic rings. The maximum atomic E-state index is 3.97. The van der Waals surface area contributed by atoms with E-state index in [1.54, 1.807) is 0 Å². The quantitative estimate of drug-likeness (QED) is 0.475. The Morgan fingerprint density at radius 2 is 1.15 bits per heavy atom. The van der Waals surface area contributed by atoms with E-state index in [0.717, 1.165) is 0 Å². The van der Waals surface area contributed by atoms with Crippen LogP contribution < -0.4 is 0 Å². The molecule has 0 heteroatoms. The predicted octanol–water partition coefficient (Wildman–Crippen LogP) is 6.53. The van der Waals surface area contributed by atoms with Crippen LogP contribution in [0.15, 0.2) is 103 Å². The van der Waals surface area contributed by atoms with Crippen LogP contribution in [0.3, 0.4) is 0 Å². The zero-order valence-corrected chi connectivity index (χ0v) is 14.9. The van der Waals surface area contributed by atoms with Gasteiger partial charge in [0.15, 0.2) is 0 Å². The van der Waals surface area contributed by atoms with Gasteiger partial charge in [0.25, 0.3) is 0 Å². The van der Waals surface area contributed by atoms with Gasteiger partial charge >= 0.3 is 0 Å². The lowest BCUT2D eigenvalue weighted by Crippen LogP contribution is -2.25. The Bertz CT molecular complexity index is 1060. The molecule has 0 nitrogen and oxygen atoms in total. The number of allylic oxidation sites excluding steroid dienone is 5. The van der Waals surface area contributed by atoms with E-state index in [2.05, 4.69) is 98.5 Å². The lowest BCUT2D eigenvalue weighted by atomic mass is 9.70. The molecule has 0 fully saturated rings. The molecule has 0 aromatic heterocycles. The van der Waals surface area contributed by atoms with Gasteiger partial charge in [0.05, 0.1) is 5.41 Å². The summed E-state index contributed by atoms with van der Waals surface area (Å²) in [7, 11) is 0. The summed E-state index contributed by atoms with van der Waals surface area (Å²) in [6, 6.07) is 26.6. The van der Waals surface area contributed by atoms with Crippen LogP contribution in [0.5, 0.6) is 0 Å². The molecular weight excluding hydrogens is 312 g/mol. The van der Waals surface area contributed by atoms with Crippen LogP contribution in [-0.4, -0.2) is 0 Å². The van der Waals surface area contributed by atoms with Crippen LogP contribution in [0.4, 0.5) is 0 Å². The number of rotatable bonds is 1. The van der Waals surface area contributed by atoms with E-state index in [1.165, 1.54) is 44.5 Å². The van der Waals surface area contributed by atoms with Gasteiger partial charge < -0.3 is 0 Å². The molecule has 2 aliphatic carbocycles. The van der Waals surface area contributed by atoms with Gasteiger partial charge in [0, 0.05) is 0 Å². The number of hydrogen-bond donors (Lipinski definition) is 0. The monoisotopic (exact) mass is 332 g/mol. The third-order valence-corrected chi connectivity index (χ3v) is 5.84. The van der Waals surface area contributed by atoms with Crippen molar-refractivity contribution in [2.75, 3.05) is 0 Å². The highest BCUT2D eigenvalue weighted by Crippen LogP contribution is 2.63. The molecule has 3 aromatic rings. The molecule has 0 bridgehead atoms. The zero-order valence-electron chi connectivity index (χ0n) is 14.9. The fourth-order valence-corrected chi connectivity index (χ4v) is 5.02. The minimum absolute atomic E-state index is 0.229. The Morgan fingerprint density at radius 1 is 0.692 bits per heavy atom. The fraction of sp³-hybridized carbons (Fsp3) is 0.0769. The summed E-state index contributed by atoms with van der Waals surface area (Å²) >= 11 is 0. The van der Waals surface area contributed by atoms with Crippen molar-refractivity contribution in [2.24, 2.45) is 0 Å². The molecule has 0 aliphatic heterocycles. The molecule has 0 unspecified atom stereocenters. The van der Waals surface area contributed by atoms with Gasteiger partial charge in [-0.15, -0.1) is 0 Å². The average molecular weight is 332 g/mol. The average Bonchev–Trinajstić information content (AvgIpc) is 3.15. The summed E-state index contributed by atoms with van der Waals surface area (Å²) in [6.07, 6.45) is 6.35. The van der Waals surface area contributed by atoms with Crippen molar-refractivity contribution in [3.05, 3.63) is 125 Å². The van der Waals surface area contributed by atoms with E-state index in [-0.39, 0.29) is 5.41 Å². The largest absolute Gasteiger partial charge is 0.0990 e. The molecule has 124 valence electrons. The van der Waals surface area contributed by atoms with Crippen molar-refractivity contribution in [1.29, 1.82) is 0 Å². The second-order valence-corrected chi connectivity index (χ2v) is 6.91. The van der Waals surface area contributed by atoms with Crippen LogP contribution in [-0.2, 0) is 5.41 Å². The number of fused-ring (bicyclic) bond motifs is 7. The molecule has 0 N–H and O–H groups in total. The fourth-order valence-electron chi connectivity index (χ4n) is 5.02. The molecule has 3 aromatic carbocycles. The number of benzene rings is 3. The minimum Gasteiger partial charge on any atom is -0.0990 e. The predicted molar refractivity (Wildman–Crippen MR) is 110 cm³/mol. The second-order valence-electron chi connectivity index (χ2n) is 6.91. The van der Waals surface area contributed by atoms with Crippen molar-refractivity contribution in [1.82, 2.24) is 0 Å². The van der Waals surface area contributed by atoms with Gasteiger partial charge in [-0.2, -0.15) is 0 Å². The first-order valence-electron chi connectivity index (χ1n) is 9.13.